The summed E-state index contributed by atoms with van der Waals surface area (Å²) in [5.74, 6) is 0.931. The Hall–Kier alpha value is -1.02. The molecule has 1 aliphatic rings. The van der Waals surface area contributed by atoms with E-state index in [4.69, 9.17) is 4.42 Å². The smallest absolute Gasteiger partial charge is 0.126 e. The fraction of sp³-hybridized carbons (Fsp3) is 0.538. The number of hydrogen-bond acceptors (Lipinski definition) is 2. The van der Waals surface area contributed by atoms with Gasteiger partial charge in [0.1, 0.15) is 5.76 Å². The maximum Gasteiger partial charge on any atom is 0.126 e. The molecule has 0 atom stereocenters. The molecular weight excluding hydrogens is 186 g/mol. The van der Waals surface area contributed by atoms with Gasteiger partial charge in [-0.1, -0.05) is 25.3 Å². The van der Waals surface area contributed by atoms with Gasteiger partial charge in [0.15, 0.2) is 0 Å². The van der Waals surface area contributed by atoms with Gasteiger partial charge in [-0.15, -0.1) is 0 Å². The maximum atomic E-state index is 5.21. The first-order valence-electron chi connectivity index (χ1n) is 5.88. The van der Waals surface area contributed by atoms with E-state index in [0.717, 1.165) is 18.3 Å². The molecule has 0 unspecified atom stereocenters. The van der Waals surface area contributed by atoms with Crippen molar-refractivity contribution in [2.45, 2.75) is 38.1 Å². The van der Waals surface area contributed by atoms with Crippen LogP contribution in [0, 0.1) is 0 Å². The van der Waals surface area contributed by atoms with Gasteiger partial charge in [0.25, 0.3) is 0 Å². The SMILES string of the molecule is C(=C\c1ccco1)/CNC1CCCCC1. The first kappa shape index (κ1) is 10.5. The average Bonchev–Trinajstić information content (AvgIpc) is 2.79. The summed E-state index contributed by atoms with van der Waals surface area (Å²) in [5, 5.41) is 3.56. The number of furan rings is 1. The molecule has 1 saturated carbocycles. The predicted octanol–water partition coefficient (Wildman–Crippen LogP) is 3.22. The van der Waals surface area contributed by atoms with Gasteiger partial charge >= 0.3 is 0 Å². The molecule has 0 aliphatic heterocycles. The van der Waals surface area contributed by atoms with Crippen molar-refractivity contribution in [3.8, 4) is 0 Å². The van der Waals surface area contributed by atoms with E-state index in [9.17, 15) is 0 Å². The molecule has 1 aromatic rings. The Balaban J connectivity index is 1.65. The van der Waals surface area contributed by atoms with Gasteiger partial charge in [0.2, 0.25) is 0 Å². The van der Waals surface area contributed by atoms with E-state index < -0.39 is 0 Å². The van der Waals surface area contributed by atoms with E-state index in [0.29, 0.717) is 0 Å². The number of rotatable bonds is 4. The van der Waals surface area contributed by atoms with Crippen LogP contribution in [0.4, 0.5) is 0 Å². The lowest BCUT2D eigenvalue weighted by Crippen LogP contribution is -2.30. The summed E-state index contributed by atoms with van der Waals surface area (Å²) < 4.78 is 5.21. The second-order valence-corrected chi connectivity index (χ2v) is 4.16. The van der Waals surface area contributed by atoms with Crippen LogP contribution in [0.5, 0.6) is 0 Å². The highest BCUT2D eigenvalue weighted by Crippen LogP contribution is 2.17. The molecule has 1 N–H and O–H groups in total. The van der Waals surface area contributed by atoms with Gasteiger partial charge in [0.05, 0.1) is 6.26 Å². The summed E-state index contributed by atoms with van der Waals surface area (Å²) in [5.41, 5.74) is 0. The van der Waals surface area contributed by atoms with Crippen molar-refractivity contribution >= 4 is 6.08 Å². The summed E-state index contributed by atoms with van der Waals surface area (Å²) in [6.45, 7) is 0.950. The van der Waals surface area contributed by atoms with Crippen LogP contribution in [0.2, 0.25) is 0 Å². The molecule has 1 aromatic heterocycles. The first-order chi connectivity index (χ1) is 7.45. The Morgan fingerprint density at radius 1 is 1.33 bits per heavy atom. The van der Waals surface area contributed by atoms with Crippen molar-refractivity contribution in [2.75, 3.05) is 6.54 Å². The first-order valence-corrected chi connectivity index (χ1v) is 5.88. The van der Waals surface area contributed by atoms with E-state index in [2.05, 4.69) is 11.4 Å². The molecule has 0 amide bonds. The van der Waals surface area contributed by atoms with Crippen molar-refractivity contribution in [3.05, 3.63) is 30.2 Å². The van der Waals surface area contributed by atoms with E-state index in [1.54, 1.807) is 6.26 Å². The van der Waals surface area contributed by atoms with Crippen molar-refractivity contribution in [1.29, 1.82) is 0 Å². The minimum atomic E-state index is 0.736. The summed E-state index contributed by atoms with van der Waals surface area (Å²) >= 11 is 0. The van der Waals surface area contributed by atoms with Crippen molar-refractivity contribution < 1.29 is 4.42 Å². The molecule has 0 spiro atoms. The highest BCUT2D eigenvalue weighted by Gasteiger charge is 2.10. The Kier molecular flexibility index (Phi) is 4.03. The Morgan fingerprint density at radius 2 is 2.20 bits per heavy atom. The van der Waals surface area contributed by atoms with Gasteiger partial charge < -0.3 is 9.73 Å². The largest absolute Gasteiger partial charge is 0.465 e. The van der Waals surface area contributed by atoms with Crippen molar-refractivity contribution in [2.24, 2.45) is 0 Å². The third kappa shape index (κ3) is 3.56. The fourth-order valence-electron chi connectivity index (χ4n) is 2.10. The summed E-state index contributed by atoms with van der Waals surface area (Å²) in [7, 11) is 0. The Morgan fingerprint density at radius 3 is 2.93 bits per heavy atom. The van der Waals surface area contributed by atoms with Crippen LogP contribution in [0.3, 0.4) is 0 Å². The molecule has 2 heteroatoms. The summed E-state index contributed by atoms with van der Waals surface area (Å²) in [6, 6.07) is 4.62. The molecule has 1 fully saturated rings. The van der Waals surface area contributed by atoms with E-state index in [-0.39, 0.29) is 0 Å². The van der Waals surface area contributed by atoms with Crippen molar-refractivity contribution in [3.63, 3.8) is 0 Å². The molecule has 82 valence electrons. The normalized spacial score (nSPS) is 18.7. The topological polar surface area (TPSA) is 25.2 Å². The molecule has 0 aromatic carbocycles. The van der Waals surface area contributed by atoms with Crippen LogP contribution >= 0.6 is 0 Å². The molecule has 0 saturated heterocycles. The predicted molar refractivity (Wildman–Crippen MR) is 62.6 cm³/mol. The Labute approximate surface area is 91.4 Å². The highest BCUT2D eigenvalue weighted by atomic mass is 16.3. The van der Waals surface area contributed by atoms with E-state index in [1.165, 1.54) is 32.1 Å². The molecule has 2 rings (SSSR count). The van der Waals surface area contributed by atoms with Gasteiger partial charge in [-0.2, -0.15) is 0 Å². The second-order valence-electron chi connectivity index (χ2n) is 4.16. The quantitative estimate of drug-likeness (QED) is 0.816. The molecule has 0 bridgehead atoms. The lowest BCUT2D eigenvalue weighted by atomic mass is 9.95. The fourth-order valence-corrected chi connectivity index (χ4v) is 2.10. The summed E-state index contributed by atoms with van der Waals surface area (Å²) in [6.07, 6.45) is 12.7. The minimum Gasteiger partial charge on any atom is -0.465 e. The van der Waals surface area contributed by atoms with Crippen LogP contribution in [-0.2, 0) is 0 Å². The van der Waals surface area contributed by atoms with E-state index in [1.807, 2.05) is 18.2 Å². The standard InChI is InChI=1S/C13H19NO/c1-2-6-12(7-3-1)14-10-4-8-13-9-5-11-15-13/h4-5,8-9,11-12,14H,1-3,6-7,10H2/b8-4+. The van der Waals surface area contributed by atoms with Crippen LogP contribution < -0.4 is 5.32 Å². The maximum absolute atomic E-state index is 5.21. The number of hydrogen-bond donors (Lipinski definition) is 1. The van der Waals surface area contributed by atoms with Crippen LogP contribution in [0.25, 0.3) is 6.08 Å². The average molecular weight is 205 g/mol. The third-order valence-corrected chi connectivity index (χ3v) is 2.95. The van der Waals surface area contributed by atoms with Crippen LogP contribution in [0.15, 0.2) is 28.9 Å². The van der Waals surface area contributed by atoms with Gasteiger partial charge in [0, 0.05) is 12.6 Å². The zero-order valence-corrected chi connectivity index (χ0v) is 9.11. The monoisotopic (exact) mass is 205 g/mol. The minimum absolute atomic E-state index is 0.736. The molecular formula is C13H19NO. The highest BCUT2D eigenvalue weighted by molar-refractivity contribution is 5.42. The second kappa shape index (κ2) is 5.76. The molecule has 1 heterocycles. The van der Waals surface area contributed by atoms with Gasteiger partial charge in [-0.25, -0.2) is 0 Å². The van der Waals surface area contributed by atoms with Gasteiger partial charge in [-0.3, -0.25) is 0 Å². The zero-order valence-electron chi connectivity index (χ0n) is 9.11. The zero-order chi connectivity index (χ0) is 10.3. The molecule has 2 nitrogen and oxygen atoms in total. The molecule has 15 heavy (non-hydrogen) atoms. The molecule has 1 aliphatic carbocycles. The van der Waals surface area contributed by atoms with Gasteiger partial charge in [-0.05, 0) is 31.1 Å². The summed E-state index contributed by atoms with van der Waals surface area (Å²) in [4.78, 5) is 0. The van der Waals surface area contributed by atoms with Crippen LogP contribution in [-0.4, -0.2) is 12.6 Å². The number of nitrogens with one attached hydrogen (secondary N) is 1. The van der Waals surface area contributed by atoms with Crippen molar-refractivity contribution in [1.82, 2.24) is 5.32 Å². The lowest BCUT2D eigenvalue weighted by molar-refractivity contribution is 0.385. The Bertz CT molecular complexity index is 283. The van der Waals surface area contributed by atoms with E-state index >= 15 is 0 Å². The third-order valence-electron chi connectivity index (χ3n) is 2.95. The lowest BCUT2D eigenvalue weighted by Gasteiger charge is -2.21. The molecule has 0 radical (unpaired) electrons. The van der Waals surface area contributed by atoms with Crippen LogP contribution in [0.1, 0.15) is 37.9 Å².